The van der Waals surface area contributed by atoms with E-state index in [1.807, 2.05) is 10.3 Å². The summed E-state index contributed by atoms with van der Waals surface area (Å²) in [4.78, 5) is 19.9. The van der Waals surface area contributed by atoms with Gasteiger partial charge >= 0.3 is 0 Å². The standard InChI is InChI=1S/C14H12F3N3OS/c15-10-2-1-9(11(16)12(10)17)13(21)19-4-6-20(7-5-19)14-18-3-8-22-14/h1-3,8H,4-7H2. The van der Waals surface area contributed by atoms with Crippen LogP contribution >= 0.6 is 11.3 Å². The summed E-state index contributed by atoms with van der Waals surface area (Å²) in [6.45, 7) is 1.86. The Morgan fingerprint density at radius 3 is 2.45 bits per heavy atom. The lowest BCUT2D eigenvalue weighted by molar-refractivity contribution is 0.0740. The Balaban J connectivity index is 1.71. The van der Waals surface area contributed by atoms with Crippen molar-refractivity contribution < 1.29 is 18.0 Å². The molecule has 1 aromatic carbocycles. The second-order valence-electron chi connectivity index (χ2n) is 4.82. The molecule has 2 aromatic rings. The average Bonchev–Trinajstić information content (AvgIpc) is 3.07. The molecular weight excluding hydrogens is 315 g/mol. The minimum atomic E-state index is -1.62. The number of hydrogen-bond acceptors (Lipinski definition) is 4. The number of hydrogen-bond donors (Lipinski definition) is 0. The highest BCUT2D eigenvalue weighted by Crippen LogP contribution is 2.21. The molecule has 1 amide bonds. The summed E-state index contributed by atoms with van der Waals surface area (Å²) in [5, 5.41) is 2.73. The van der Waals surface area contributed by atoms with Crippen LogP contribution in [0.25, 0.3) is 0 Å². The number of nitrogens with zero attached hydrogens (tertiary/aromatic N) is 3. The van der Waals surface area contributed by atoms with Crippen molar-refractivity contribution in [3.63, 3.8) is 0 Å². The summed E-state index contributed by atoms with van der Waals surface area (Å²) in [7, 11) is 0. The van der Waals surface area contributed by atoms with Crippen molar-refractivity contribution in [1.29, 1.82) is 0 Å². The zero-order valence-electron chi connectivity index (χ0n) is 11.4. The zero-order chi connectivity index (χ0) is 15.7. The summed E-state index contributed by atoms with van der Waals surface area (Å²) in [6, 6.07) is 1.74. The van der Waals surface area contributed by atoms with Gasteiger partial charge in [0.1, 0.15) is 0 Å². The first-order valence-corrected chi connectivity index (χ1v) is 7.53. The summed E-state index contributed by atoms with van der Waals surface area (Å²) in [5.74, 6) is -4.99. The van der Waals surface area contributed by atoms with Gasteiger partial charge in [0.25, 0.3) is 5.91 Å². The van der Waals surface area contributed by atoms with Crippen molar-refractivity contribution in [1.82, 2.24) is 9.88 Å². The number of thiazole rings is 1. The quantitative estimate of drug-likeness (QED) is 0.796. The summed E-state index contributed by atoms with van der Waals surface area (Å²) < 4.78 is 39.8. The zero-order valence-corrected chi connectivity index (χ0v) is 12.2. The molecule has 2 heterocycles. The number of halogens is 3. The molecule has 3 rings (SSSR count). The highest BCUT2D eigenvalue weighted by molar-refractivity contribution is 7.13. The van der Waals surface area contributed by atoms with Crippen molar-refractivity contribution in [2.24, 2.45) is 0 Å². The molecule has 1 saturated heterocycles. The van der Waals surface area contributed by atoms with Gasteiger partial charge in [-0.1, -0.05) is 0 Å². The highest BCUT2D eigenvalue weighted by atomic mass is 32.1. The molecule has 8 heteroatoms. The molecule has 1 fully saturated rings. The molecule has 1 aromatic heterocycles. The first-order valence-electron chi connectivity index (χ1n) is 6.65. The molecule has 1 aliphatic heterocycles. The van der Waals surface area contributed by atoms with E-state index in [0.29, 0.717) is 26.2 Å². The molecule has 0 radical (unpaired) electrons. The maximum absolute atomic E-state index is 13.7. The van der Waals surface area contributed by atoms with Gasteiger partial charge in [-0.05, 0) is 12.1 Å². The van der Waals surface area contributed by atoms with Gasteiger partial charge in [0.15, 0.2) is 22.6 Å². The largest absolute Gasteiger partial charge is 0.345 e. The van der Waals surface area contributed by atoms with Crippen molar-refractivity contribution in [2.75, 3.05) is 31.1 Å². The van der Waals surface area contributed by atoms with Crippen molar-refractivity contribution in [2.45, 2.75) is 0 Å². The van der Waals surface area contributed by atoms with Gasteiger partial charge in [0.2, 0.25) is 0 Å². The Hall–Kier alpha value is -2.09. The summed E-state index contributed by atoms with van der Waals surface area (Å²) >= 11 is 1.50. The van der Waals surface area contributed by atoms with Crippen LogP contribution in [0.3, 0.4) is 0 Å². The Labute approximate surface area is 128 Å². The lowest BCUT2D eigenvalue weighted by Gasteiger charge is -2.34. The molecule has 0 N–H and O–H groups in total. The SMILES string of the molecule is O=C(c1ccc(F)c(F)c1F)N1CCN(c2nccs2)CC1. The molecule has 0 aliphatic carbocycles. The lowest BCUT2D eigenvalue weighted by Crippen LogP contribution is -2.49. The Morgan fingerprint density at radius 1 is 1.09 bits per heavy atom. The van der Waals surface area contributed by atoms with Crippen molar-refractivity contribution in [3.8, 4) is 0 Å². The van der Waals surface area contributed by atoms with Gasteiger partial charge in [-0.3, -0.25) is 4.79 Å². The van der Waals surface area contributed by atoms with E-state index >= 15 is 0 Å². The average molecular weight is 327 g/mol. The number of aromatic nitrogens is 1. The smallest absolute Gasteiger partial charge is 0.257 e. The van der Waals surface area contributed by atoms with Crippen LogP contribution < -0.4 is 4.90 Å². The normalized spacial score (nSPS) is 15.2. The number of carbonyl (C=O) groups excluding carboxylic acids is 1. The van der Waals surface area contributed by atoms with Gasteiger partial charge in [-0.15, -0.1) is 11.3 Å². The molecule has 0 atom stereocenters. The molecule has 0 bridgehead atoms. The molecule has 0 spiro atoms. The molecular formula is C14H12F3N3OS. The predicted molar refractivity (Wildman–Crippen MR) is 76.5 cm³/mol. The van der Waals surface area contributed by atoms with Crippen LogP contribution in [0.1, 0.15) is 10.4 Å². The monoisotopic (exact) mass is 327 g/mol. The fraction of sp³-hybridized carbons (Fsp3) is 0.286. The van der Waals surface area contributed by atoms with Crippen molar-refractivity contribution >= 4 is 22.4 Å². The highest BCUT2D eigenvalue weighted by Gasteiger charge is 2.26. The van der Waals surface area contributed by atoms with Gasteiger partial charge < -0.3 is 9.80 Å². The third kappa shape index (κ3) is 2.66. The number of anilines is 1. The van der Waals surface area contributed by atoms with Gasteiger partial charge in [0, 0.05) is 37.8 Å². The minimum absolute atomic E-state index is 0.372. The van der Waals surface area contributed by atoms with Crippen LogP contribution in [0.2, 0.25) is 0 Å². The topological polar surface area (TPSA) is 36.4 Å². The number of benzene rings is 1. The molecule has 4 nitrogen and oxygen atoms in total. The fourth-order valence-corrected chi connectivity index (χ4v) is 3.03. The summed E-state index contributed by atoms with van der Waals surface area (Å²) in [6.07, 6.45) is 1.70. The van der Waals surface area contributed by atoms with Crippen LogP contribution in [-0.4, -0.2) is 42.0 Å². The molecule has 0 unspecified atom stereocenters. The van der Waals surface area contributed by atoms with Crippen LogP contribution in [0.5, 0.6) is 0 Å². The third-order valence-corrected chi connectivity index (χ3v) is 4.35. The van der Waals surface area contributed by atoms with Gasteiger partial charge in [-0.25, -0.2) is 18.2 Å². The second kappa shape index (κ2) is 5.96. The van der Waals surface area contributed by atoms with Gasteiger partial charge in [0.05, 0.1) is 5.56 Å². The van der Waals surface area contributed by atoms with E-state index in [9.17, 15) is 18.0 Å². The van der Waals surface area contributed by atoms with E-state index in [-0.39, 0.29) is 0 Å². The molecule has 22 heavy (non-hydrogen) atoms. The second-order valence-corrected chi connectivity index (χ2v) is 5.69. The maximum atomic E-state index is 13.7. The van der Waals surface area contributed by atoms with E-state index in [1.165, 1.54) is 16.2 Å². The molecule has 116 valence electrons. The van der Waals surface area contributed by atoms with Crippen LogP contribution in [-0.2, 0) is 0 Å². The van der Waals surface area contributed by atoms with Crippen LogP contribution in [0, 0.1) is 17.5 Å². The van der Waals surface area contributed by atoms with E-state index < -0.39 is 28.9 Å². The first-order chi connectivity index (χ1) is 10.6. The summed E-state index contributed by atoms with van der Waals surface area (Å²) in [5.41, 5.74) is -0.443. The number of rotatable bonds is 2. The number of carbonyl (C=O) groups is 1. The predicted octanol–water partition coefficient (Wildman–Crippen LogP) is 2.52. The molecule has 1 aliphatic rings. The minimum Gasteiger partial charge on any atom is -0.345 e. The maximum Gasteiger partial charge on any atom is 0.257 e. The van der Waals surface area contributed by atoms with Crippen LogP contribution in [0.15, 0.2) is 23.7 Å². The van der Waals surface area contributed by atoms with E-state index in [2.05, 4.69) is 4.98 Å². The van der Waals surface area contributed by atoms with Gasteiger partial charge in [-0.2, -0.15) is 0 Å². The Kier molecular flexibility index (Phi) is 4.02. The first kappa shape index (κ1) is 14.8. The third-order valence-electron chi connectivity index (χ3n) is 3.52. The Morgan fingerprint density at radius 2 is 1.82 bits per heavy atom. The fourth-order valence-electron chi connectivity index (χ4n) is 2.33. The van der Waals surface area contributed by atoms with Crippen LogP contribution in [0.4, 0.5) is 18.3 Å². The molecule has 0 saturated carbocycles. The number of piperazine rings is 1. The van der Waals surface area contributed by atoms with E-state index in [1.54, 1.807) is 6.20 Å². The lowest BCUT2D eigenvalue weighted by atomic mass is 10.1. The van der Waals surface area contributed by atoms with E-state index in [4.69, 9.17) is 0 Å². The van der Waals surface area contributed by atoms with Crippen molar-refractivity contribution in [3.05, 3.63) is 46.7 Å². The number of amides is 1. The van der Waals surface area contributed by atoms with E-state index in [0.717, 1.165) is 17.3 Å². The Bertz CT molecular complexity index is 685.